The molecule has 1 atom stereocenters. The molecule has 0 radical (unpaired) electrons. The fourth-order valence-corrected chi connectivity index (χ4v) is 6.96. The highest BCUT2D eigenvalue weighted by atomic mass is 16.6. The molecule has 0 aliphatic heterocycles. The van der Waals surface area contributed by atoms with Gasteiger partial charge >= 0.3 is 17.9 Å². The van der Waals surface area contributed by atoms with Crippen molar-refractivity contribution in [3.05, 3.63) is 97.2 Å². The van der Waals surface area contributed by atoms with Crippen LogP contribution in [0.25, 0.3) is 0 Å². The summed E-state index contributed by atoms with van der Waals surface area (Å²) in [5.74, 6) is -0.980. The maximum atomic E-state index is 12.8. The maximum absolute atomic E-state index is 12.8. The lowest BCUT2D eigenvalue weighted by atomic mass is 10.0. The standard InChI is InChI=1S/C58H96O6/c1-4-7-10-13-16-19-22-25-28-29-31-33-36-39-42-45-48-51-57(60)63-54-55(53-62-56(59)50-47-44-41-38-35-32-27-24-21-18-15-12-9-6-3)64-58(61)52-49-46-43-40-37-34-30-26-23-20-17-14-11-8-5-2/h7-8,10-11,16-17,19-20,25-26,28,30-31,33,39,42,55H,4-6,9,12-15,18,21-24,27,29,32,34-38,40-41,43-54H2,1-3H3/b10-7+,11-8+,19-16+,20-17+,28-25+,30-26+,33-31+,42-39+/t55-/m1/s1. The Labute approximate surface area is 394 Å². The quantitative estimate of drug-likeness (QED) is 0.0262. The SMILES string of the molecule is CC/C=C/C/C=C/C/C=C/C/C=C/C/C=C/CCCC(=O)OC[C@@H](COC(=O)CCCCCCCCCCCCCCCC)OC(=O)CCCCCCC/C=C/C/C=C/C/C=C/CC. The molecule has 64 heavy (non-hydrogen) atoms. The summed E-state index contributed by atoms with van der Waals surface area (Å²) < 4.78 is 16.7. The summed E-state index contributed by atoms with van der Waals surface area (Å²) in [6.45, 7) is 6.35. The number of unbranched alkanes of at least 4 members (excludes halogenated alkanes) is 19. The molecule has 0 aromatic rings. The van der Waals surface area contributed by atoms with E-state index in [9.17, 15) is 14.4 Å². The Bertz CT molecular complexity index is 1300. The summed E-state index contributed by atoms with van der Waals surface area (Å²) in [5.41, 5.74) is 0. The van der Waals surface area contributed by atoms with E-state index in [1.54, 1.807) is 0 Å². The minimum absolute atomic E-state index is 0.101. The first-order valence-corrected chi connectivity index (χ1v) is 26.2. The lowest BCUT2D eigenvalue weighted by Crippen LogP contribution is -2.30. The first kappa shape index (κ1) is 60.3. The Morgan fingerprint density at radius 3 is 1.02 bits per heavy atom. The zero-order valence-corrected chi connectivity index (χ0v) is 41.5. The van der Waals surface area contributed by atoms with Gasteiger partial charge in [0, 0.05) is 19.3 Å². The van der Waals surface area contributed by atoms with Gasteiger partial charge in [-0.25, -0.2) is 0 Å². The minimum Gasteiger partial charge on any atom is -0.462 e. The van der Waals surface area contributed by atoms with E-state index in [4.69, 9.17) is 14.2 Å². The Morgan fingerprint density at radius 2 is 0.625 bits per heavy atom. The summed E-state index contributed by atoms with van der Waals surface area (Å²) in [7, 11) is 0. The average Bonchev–Trinajstić information content (AvgIpc) is 3.29. The van der Waals surface area contributed by atoms with E-state index in [0.717, 1.165) is 116 Å². The van der Waals surface area contributed by atoms with Crippen molar-refractivity contribution in [3.8, 4) is 0 Å². The van der Waals surface area contributed by atoms with Gasteiger partial charge in [-0.05, 0) is 89.9 Å². The highest BCUT2D eigenvalue weighted by Crippen LogP contribution is 2.15. The van der Waals surface area contributed by atoms with Gasteiger partial charge in [-0.15, -0.1) is 0 Å². The molecule has 0 rings (SSSR count). The Kier molecular flexibility index (Phi) is 49.0. The van der Waals surface area contributed by atoms with Crippen LogP contribution in [0.1, 0.15) is 233 Å². The van der Waals surface area contributed by atoms with Crippen LogP contribution in [-0.2, 0) is 28.6 Å². The molecule has 0 aromatic heterocycles. The van der Waals surface area contributed by atoms with Gasteiger partial charge in [-0.1, -0.05) is 221 Å². The number of ether oxygens (including phenoxy) is 3. The van der Waals surface area contributed by atoms with Gasteiger partial charge in [0.05, 0.1) is 0 Å². The van der Waals surface area contributed by atoms with Gasteiger partial charge in [0.1, 0.15) is 13.2 Å². The van der Waals surface area contributed by atoms with Crippen molar-refractivity contribution in [3.63, 3.8) is 0 Å². The maximum Gasteiger partial charge on any atom is 0.306 e. The van der Waals surface area contributed by atoms with Crippen molar-refractivity contribution in [2.75, 3.05) is 13.2 Å². The van der Waals surface area contributed by atoms with Crippen molar-refractivity contribution in [2.24, 2.45) is 0 Å². The van der Waals surface area contributed by atoms with E-state index in [1.807, 2.05) is 0 Å². The molecule has 364 valence electrons. The van der Waals surface area contributed by atoms with Crippen LogP contribution < -0.4 is 0 Å². The smallest absolute Gasteiger partial charge is 0.306 e. The summed E-state index contributed by atoms with van der Waals surface area (Å²) in [5, 5.41) is 0. The van der Waals surface area contributed by atoms with E-state index in [-0.39, 0.29) is 37.5 Å². The number of hydrogen-bond donors (Lipinski definition) is 0. The fourth-order valence-electron chi connectivity index (χ4n) is 6.96. The van der Waals surface area contributed by atoms with Crippen LogP contribution in [0, 0.1) is 0 Å². The van der Waals surface area contributed by atoms with Crippen LogP contribution in [0.5, 0.6) is 0 Å². The Morgan fingerprint density at radius 1 is 0.328 bits per heavy atom. The van der Waals surface area contributed by atoms with Crippen molar-refractivity contribution >= 4 is 17.9 Å². The van der Waals surface area contributed by atoms with Gasteiger partial charge in [0.2, 0.25) is 0 Å². The number of esters is 3. The highest BCUT2D eigenvalue weighted by Gasteiger charge is 2.19. The normalized spacial score (nSPS) is 12.9. The largest absolute Gasteiger partial charge is 0.462 e. The highest BCUT2D eigenvalue weighted by molar-refractivity contribution is 5.71. The molecule has 0 saturated carbocycles. The number of carbonyl (C=O) groups is 3. The molecular formula is C58H96O6. The fraction of sp³-hybridized carbons (Fsp3) is 0.672. The van der Waals surface area contributed by atoms with Crippen molar-refractivity contribution in [1.82, 2.24) is 0 Å². The molecule has 0 spiro atoms. The lowest BCUT2D eigenvalue weighted by Gasteiger charge is -2.18. The molecular weight excluding hydrogens is 793 g/mol. The topological polar surface area (TPSA) is 78.9 Å². The monoisotopic (exact) mass is 889 g/mol. The average molecular weight is 889 g/mol. The summed E-state index contributed by atoms with van der Waals surface area (Å²) >= 11 is 0. The zero-order valence-electron chi connectivity index (χ0n) is 41.5. The molecule has 0 saturated heterocycles. The second kappa shape index (κ2) is 52.0. The number of carbonyl (C=O) groups excluding carboxylic acids is 3. The lowest BCUT2D eigenvalue weighted by molar-refractivity contribution is -0.167. The van der Waals surface area contributed by atoms with Gasteiger partial charge in [0.15, 0.2) is 6.10 Å². The number of rotatable bonds is 46. The third-order valence-corrected chi connectivity index (χ3v) is 10.8. The number of allylic oxidation sites excluding steroid dienone is 16. The van der Waals surface area contributed by atoms with E-state index < -0.39 is 6.10 Å². The number of hydrogen-bond acceptors (Lipinski definition) is 6. The molecule has 0 aliphatic rings. The molecule has 0 unspecified atom stereocenters. The van der Waals surface area contributed by atoms with Gasteiger partial charge in [-0.3, -0.25) is 14.4 Å². The van der Waals surface area contributed by atoms with E-state index in [2.05, 4.69) is 118 Å². The Hall–Kier alpha value is -3.67. The van der Waals surface area contributed by atoms with Crippen LogP contribution in [0.15, 0.2) is 97.2 Å². The molecule has 0 fully saturated rings. The Balaban J connectivity index is 4.51. The summed E-state index contributed by atoms with van der Waals surface area (Å²) in [4.78, 5) is 38.0. The van der Waals surface area contributed by atoms with Crippen molar-refractivity contribution < 1.29 is 28.6 Å². The van der Waals surface area contributed by atoms with Crippen LogP contribution in [-0.4, -0.2) is 37.2 Å². The van der Waals surface area contributed by atoms with E-state index in [0.29, 0.717) is 19.3 Å². The van der Waals surface area contributed by atoms with Gasteiger partial charge in [0.25, 0.3) is 0 Å². The van der Waals surface area contributed by atoms with Crippen LogP contribution >= 0.6 is 0 Å². The molecule has 0 aromatic carbocycles. The third-order valence-electron chi connectivity index (χ3n) is 10.8. The molecule has 6 heteroatoms. The second-order valence-electron chi connectivity index (χ2n) is 17.0. The summed E-state index contributed by atoms with van der Waals surface area (Å²) in [6, 6.07) is 0. The van der Waals surface area contributed by atoms with Crippen LogP contribution in [0.3, 0.4) is 0 Å². The minimum atomic E-state index is -0.808. The predicted octanol–water partition coefficient (Wildman–Crippen LogP) is 17.4. The first-order valence-electron chi connectivity index (χ1n) is 26.2. The first-order chi connectivity index (χ1) is 31.5. The molecule has 0 N–H and O–H groups in total. The van der Waals surface area contributed by atoms with Crippen molar-refractivity contribution in [1.29, 1.82) is 0 Å². The molecule has 0 heterocycles. The van der Waals surface area contributed by atoms with E-state index in [1.165, 1.54) is 70.6 Å². The zero-order chi connectivity index (χ0) is 46.5. The predicted molar refractivity (Wildman–Crippen MR) is 274 cm³/mol. The van der Waals surface area contributed by atoms with Crippen molar-refractivity contribution in [2.45, 2.75) is 239 Å². The third kappa shape index (κ3) is 49.3. The second-order valence-corrected chi connectivity index (χ2v) is 17.0. The van der Waals surface area contributed by atoms with Crippen LogP contribution in [0.2, 0.25) is 0 Å². The molecule has 6 nitrogen and oxygen atoms in total. The van der Waals surface area contributed by atoms with Crippen LogP contribution in [0.4, 0.5) is 0 Å². The molecule has 0 bridgehead atoms. The molecule has 0 aliphatic carbocycles. The molecule has 0 amide bonds. The summed E-state index contributed by atoms with van der Waals surface area (Å²) in [6.07, 6.45) is 68.2. The van der Waals surface area contributed by atoms with Gasteiger partial charge in [-0.2, -0.15) is 0 Å². The van der Waals surface area contributed by atoms with Gasteiger partial charge < -0.3 is 14.2 Å². The van der Waals surface area contributed by atoms with E-state index >= 15 is 0 Å².